The van der Waals surface area contributed by atoms with Gasteiger partial charge in [0, 0.05) is 25.5 Å². The Morgan fingerprint density at radius 1 is 1.17 bits per heavy atom. The minimum Gasteiger partial charge on any atom is -1.00 e. The van der Waals surface area contributed by atoms with Crippen molar-refractivity contribution >= 4 is 34.4 Å². The molecule has 1 aromatic carbocycles. The molecule has 0 radical (unpaired) electrons. The van der Waals surface area contributed by atoms with Crippen molar-refractivity contribution in [2.45, 2.75) is 26.2 Å². The minimum absolute atomic E-state index is 0. The zero-order valence-corrected chi connectivity index (χ0v) is 15.5. The zero-order chi connectivity index (χ0) is 15.9. The summed E-state index contributed by atoms with van der Waals surface area (Å²) in [4.78, 5) is 22.0. The molecule has 0 saturated carbocycles. The Balaban J connectivity index is 0.00000264. The third kappa shape index (κ3) is 6.35. The zero-order valence-electron chi connectivity index (χ0n) is 13.0. The second-order valence-corrected chi connectivity index (χ2v) is 6.26. The smallest absolute Gasteiger partial charge is 0.314 e. The Kier molecular flexibility index (Phi) is 8.33. The molecule has 2 N–H and O–H groups in total. The van der Waals surface area contributed by atoms with Gasteiger partial charge < -0.3 is 27.4 Å². The van der Waals surface area contributed by atoms with Crippen molar-refractivity contribution in [1.29, 1.82) is 0 Å². The lowest BCUT2D eigenvalue weighted by atomic mass is 10.1. The largest absolute Gasteiger partial charge is 1.00 e. The number of halogens is 1. The number of anilines is 1. The first-order chi connectivity index (χ1) is 10.6. The highest BCUT2D eigenvalue weighted by Gasteiger charge is 2.21. The fraction of sp³-hybridized carbons (Fsp3) is 0.438. The van der Waals surface area contributed by atoms with Crippen molar-refractivity contribution in [3.8, 4) is 0 Å². The van der Waals surface area contributed by atoms with Gasteiger partial charge in [0.2, 0.25) is 11.0 Å². The Morgan fingerprint density at radius 3 is 2.30 bits per heavy atom. The first-order valence-corrected chi connectivity index (χ1v) is 8.39. The van der Waals surface area contributed by atoms with Gasteiger partial charge in [-0.25, -0.2) is 4.58 Å². The summed E-state index contributed by atoms with van der Waals surface area (Å²) < 4.78 is 2.27. The standard InChI is InChI=1S/C16H20N2O3S.BrH/c1-12(19)17-14-7-5-13(6-8-14)16(22-11-15(20)21)18-9-3-2-4-10-18;/h5-8H,2-4,9-11H2,1H3,(H,20,21);1H. The molecule has 1 heterocycles. The van der Waals surface area contributed by atoms with Crippen molar-refractivity contribution in [3.63, 3.8) is 0 Å². The number of nitrogens with one attached hydrogen (secondary N) is 1. The molecule has 5 nitrogen and oxygen atoms in total. The van der Waals surface area contributed by atoms with Gasteiger partial charge in [0.1, 0.15) is 18.8 Å². The number of nitrogens with zero attached hydrogens (tertiary/aromatic N) is 1. The van der Waals surface area contributed by atoms with Gasteiger partial charge in [0.15, 0.2) is 0 Å². The van der Waals surface area contributed by atoms with Gasteiger partial charge in [0.05, 0.1) is 5.56 Å². The summed E-state index contributed by atoms with van der Waals surface area (Å²) in [6.45, 7) is 3.41. The van der Waals surface area contributed by atoms with E-state index in [1.807, 2.05) is 24.3 Å². The summed E-state index contributed by atoms with van der Waals surface area (Å²) in [5.41, 5.74) is 1.75. The monoisotopic (exact) mass is 400 g/mol. The van der Waals surface area contributed by atoms with Gasteiger partial charge in [0.25, 0.3) is 0 Å². The van der Waals surface area contributed by atoms with Crippen molar-refractivity contribution < 1.29 is 36.3 Å². The summed E-state index contributed by atoms with van der Waals surface area (Å²) in [7, 11) is 0. The van der Waals surface area contributed by atoms with E-state index in [1.54, 1.807) is 0 Å². The van der Waals surface area contributed by atoms with Crippen LogP contribution in [0.15, 0.2) is 24.3 Å². The van der Waals surface area contributed by atoms with Crippen LogP contribution in [0.2, 0.25) is 0 Å². The van der Waals surface area contributed by atoms with Gasteiger partial charge in [-0.15, -0.1) is 0 Å². The van der Waals surface area contributed by atoms with Crippen LogP contribution in [0.25, 0.3) is 0 Å². The van der Waals surface area contributed by atoms with E-state index < -0.39 is 5.97 Å². The van der Waals surface area contributed by atoms with Crippen molar-refractivity contribution in [2.75, 3.05) is 24.2 Å². The third-order valence-electron chi connectivity index (χ3n) is 3.43. The molecule has 0 bridgehead atoms. The van der Waals surface area contributed by atoms with Crippen LogP contribution >= 0.6 is 11.8 Å². The molecule has 0 unspecified atom stereocenters. The van der Waals surface area contributed by atoms with Gasteiger partial charge in [-0.05, 0) is 42.4 Å². The van der Waals surface area contributed by atoms with Gasteiger partial charge in [-0.2, -0.15) is 0 Å². The Hall–Kier alpha value is -1.34. The maximum Gasteiger partial charge on any atom is 0.314 e. The molecule has 1 aliphatic heterocycles. The summed E-state index contributed by atoms with van der Waals surface area (Å²) in [5.74, 6) is -0.859. The predicted molar refractivity (Wildman–Crippen MR) is 88.8 cm³/mol. The van der Waals surface area contributed by atoms with Crippen molar-refractivity contribution in [1.82, 2.24) is 0 Å². The molecular weight excluding hydrogens is 380 g/mol. The van der Waals surface area contributed by atoms with Crippen LogP contribution in [0.4, 0.5) is 5.69 Å². The number of rotatable bonds is 4. The van der Waals surface area contributed by atoms with Crippen LogP contribution in [0.5, 0.6) is 0 Å². The molecule has 0 atom stereocenters. The molecule has 2 rings (SSSR count). The highest BCUT2D eigenvalue weighted by Crippen LogP contribution is 2.19. The number of aliphatic carboxylic acids is 1. The molecule has 0 aliphatic carbocycles. The third-order valence-corrected chi connectivity index (χ3v) is 4.59. The number of amides is 1. The predicted octanol–water partition coefficient (Wildman–Crippen LogP) is -0.590. The van der Waals surface area contributed by atoms with Crippen LogP contribution < -0.4 is 22.3 Å². The van der Waals surface area contributed by atoms with E-state index in [9.17, 15) is 9.59 Å². The first kappa shape index (κ1) is 19.7. The van der Waals surface area contributed by atoms with E-state index in [1.165, 1.54) is 25.1 Å². The number of carboxylic acids is 1. The van der Waals surface area contributed by atoms with Crippen LogP contribution in [0.3, 0.4) is 0 Å². The average molecular weight is 401 g/mol. The fourth-order valence-electron chi connectivity index (χ4n) is 2.48. The van der Waals surface area contributed by atoms with Crippen molar-refractivity contribution in [2.24, 2.45) is 0 Å². The van der Waals surface area contributed by atoms with Crippen LogP contribution in [0.1, 0.15) is 31.7 Å². The van der Waals surface area contributed by atoms with E-state index in [4.69, 9.17) is 5.11 Å². The second-order valence-electron chi connectivity index (χ2n) is 5.29. The van der Waals surface area contributed by atoms with Gasteiger partial charge >= 0.3 is 5.97 Å². The maximum atomic E-state index is 11.1. The quantitative estimate of drug-likeness (QED) is 0.523. The number of hydrogen-bond donors (Lipinski definition) is 2. The van der Waals surface area contributed by atoms with Crippen LogP contribution in [-0.4, -0.2) is 45.4 Å². The normalized spacial score (nSPS) is 13.9. The maximum absolute atomic E-state index is 11.1. The number of hydrogen-bond acceptors (Lipinski definition) is 3. The number of carbonyl (C=O) groups is 2. The van der Waals surface area contributed by atoms with Crippen LogP contribution in [0, 0.1) is 0 Å². The number of piperidine rings is 1. The molecule has 7 heteroatoms. The van der Waals surface area contributed by atoms with Gasteiger partial charge in [-0.1, -0.05) is 0 Å². The highest BCUT2D eigenvalue weighted by atomic mass is 79.9. The summed E-state index contributed by atoms with van der Waals surface area (Å²) >= 11 is 1.36. The number of benzene rings is 1. The lowest BCUT2D eigenvalue weighted by Crippen LogP contribution is -3.00. The highest BCUT2D eigenvalue weighted by molar-refractivity contribution is 8.14. The molecule has 0 aromatic heterocycles. The van der Waals surface area contributed by atoms with Crippen molar-refractivity contribution in [3.05, 3.63) is 29.8 Å². The van der Waals surface area contributed by atoms with E-state index >= 15 is 0 Å². The topological polar surface area (TPSA) is 69.4 Å². The second kappa shape index (κ2) is 9.72. The summed E-state index contributed by atoms with van der Waals surface area (Å²) in [5, 5.41) is 12.7. The molecule has 1 fully saturated rings. The SMILES string of the molecule is CC(=O)Nc1ccc(C(SCC(=O)O)=[N+]2CCCCC2)cc1.[Br-]. The van der Waals surface area contributed by atoms with Crippen LogP contribution in [-0.2, 0) is 9.59 Å². The van der Waals surface area contributed by atoms with Gasteiger partial charge in [-0.3, -0.25) is 9.59 Å². The molecule has 1 amide bonds. The Labute approximate surface area is 150 Å². The fourth-order valence-corrected chi connectivity index (χ4v) is 3.41. The molecule has 0 spiro atoms. The molecule has 23 heavy (non-hydrogen) atoms. The summed E-state index contributed by atoms with van der Waals surface area (Å²) in [6, 6.07) is 7.57. The first-order valence-electron chi connectivity index (χ1n) is 7.41. The molecule has 1 aliphatic rings. The number of carboxylic acid groups (broad SMARTS) is 1. The average Bonchev–Trinajstić information content (AvgIpc) is 2.49. The van der Waals surface area contributed by atoms with E-state index in [-0.39, 0.29) is 28.6 Å². The lowest BCUT2D eigenvalue weighted by Gasteiger charge is -2.14. The van der Waals surface area contributed by atoms with E-state index in [2.05, 4.69) is 9.89 Å². The molecule has 1 aromatic rings. The minimum atomic E-state index is -0.811. The molecule has 126 valence electrons. The Bertz CT molecular complexity index is 579. The summed E-state index contributed by atoms with van der Waals surface area (Å²) in [6.07, 6.45) is 3.51. The van der Waals surface area contributed by atoms with E-state index in [0.717, 1.165) is 42.2 Å². The van der Waals surface area contributed by atoms with E-state index in [0.29, 0.717) is 0 Å². The number of carbonyl (C=O) groups excluding carboxylic acids is 1. The lowest BCUT2D eigenvalue weighted by molar-refractivity contribution is -0.534. The Morgan fingerprint density at radius 2 is 1.78 bits per heavy atom. The number of thioether (sulfide) groups is 1. The molecular formula is C16H21BrN2O3S. The molecule has 1 saturated heterocycles.